The zero-order valence-corrected chi connectivity index (χ0v) is 15.0. The zero-order chi connectivity index (χ0) is 18.5. The van der Waals surface area contributed by atoms with Gasteiger partial charge in [-0.2, -0.15) is 0 Å². The third-order valence-corrected chi connectivity index (χ3v) is 5.68. The number of amides is 1. The monoisotopic (exact) mass is 373 g/mol. The standard InChI is InChI=1S/C20H20FNO3S/c21-17-8-4-5-9-18(17)26-11-10-19(23)22-12-15(16(13-22)20(24)25)14-6-2-1-3-7-14/h1-9,15-16H,10-13H2,(H,24,25). The van der Waals surface area contributed by atoms with Crippen LogP contribution in [0.5, 0.6) is 0 Å². The highest BCUT2D eigenvalue weighted by Crippen LogP contribution is 2.33. The summed E-state index contributed by atoms with van der Waals surface area (Å²) in [5.41, 5.74) is 0.941. The van der Waals surface area contributed by atoms with Crippen molar-refractivity contribution in [3.63, 3.8) is 0 Å². The first-order chi connectivity index (χ1) is 12.6. The second kappa shape index (κ2) is 8.36. The Morgan fingerprint density at radius 2 is 1.77 bits per heavy atom. The quantitative estimate of drug-likeness (QED) is 0.786. The van der Waals surface area contributed by atoms with Crippen molar-refractivity contribution in [2.45, 2.75) is 17.2 Å². The van der Waals surface area contributed by atoms with Gasteiger partial charge in [0.15, 0.2) is 0 Å². The molecule has 0 aliphatic carbocycles. The Labute approximate surface area is 156 Å². The van der Waals surface area contributed by atoms with Gasteiger partial charge in [-0.3, -0.25) is 9.59 Å². The maximum absolute atomic E-state index is 13.6. The fourth-order valence-electron chi connectivity index (χ4n) is 3.26. The van der Waals surface area contributed by atoms with E-state index in [1.807, 2.05) is 30.3 Å². The minimum Gasteiger partial charge on any atom is -0.481 e. The highest BCUT2D eigenvalue weighted by Gasteiger charge is 2.40. The van der Waals surface area contributed by atoms with Crippen molar-refractivity contribution in [1.82, 2.24) is 4.90 Å². The lowest BCUT2D eigenvalue weighted by atomic mass is 9.89. The Bertz CT molecular complexity index is 784. The molecule has 1 fully saturated rings. The predicted octanol–water partition coefficient (Wildman–Crippen LogP) is 3.63. The molecule has 2 atom stereocenters. The van der Waals surface area contributed by atoms with E-state index in [0.717, 1.165) is 5.56 Å². The molecule has 2 aromatic carbocycles. The highest BCUT2D eigenvalue weighted by molar-refractivity contribution is 7.99. The molecular formula is C20H20FNO3S. The van der Waals surface area contributed by atoms with Crippen LogP contribution < -0.4 is 0 Å². The van der Waals surface area contributed by atoms with Crippen LogP contribution in [0.3, 0.4) is 0 Å². The molecule has 2 aromatic rings. The number of thioether (sulfide) groups is 1. The number of nitrogens with zero attached hydrogens (tertiary/aromatic N) is 1. The van der Waals surface area contributed by atoms with Crippen LogP contribution in [0.25, 0.3) is 0 Å². The lowest BCUT2D eigenvalue weighted by Crippen LogP contribution is -2.30. The molecule has 0 saturated carbocycles. The Morgan fingerprint density at radius 1 is 1.08 bits per heavy atom. The smallest absolute Gasteiger partial charge is 0.308 e. The van der Waals surface area contributed by atoms with Crippen molar-refractivity contribution in [1.29, 1.82) is 0 Å². The summed E-state index contributed by atoms with van der Waals surface area (Å²) in [4.78, 5) is 26.2. The van der Waals surface area contributed by atoms with E-state index in [9.17, 15) is 19.1 Å². The molecule has 26 heavy (non-hydrogen) atoms. The molecule has 1 heterocycles. The minimum absolute atomic E-state index is 0.0847. The topological polar surface area (TPSA) is 57.6 Å². The average molecular weight is 373 g/mol. The molecule has 4 nitrogen and oxygen atoms in total. The zero-order valence-electron chi connectivity index (χ0n) is 14.2. The van der Waals surface area contributed by atoms with E-state index in [-0.39, 0.29) is 30.6 Å². The van der Waals surface area contributed by atoms with E-state index >= 15 is 0 Å². The summed E-state index contributed by atoms with van der Waals surface area (Å²) in [6.07, 6.45) is 0.257. The van der Waals surface area contributed by atoms with Crippen LogP contribution in [0.1, 0.15) is 17.9 Å². The molecule has 1 aliphatic rings. The molecule has 2 unspecified atom stereocenters. The third-order valence-electron chi connectivity index (χ3n) is 4.63. The van der Waals surface area contributed by atoms with Crippen LogP contribution in [-0.4, -0.2) is 40.7 Å². The molecule has 0 radical (unpaired) electrons. The number of carbonyl (C=O) groups is 2. The van der Waals surface area contributed by atoms with Gasteiger partial charge < -0.3 is 10.0 Å². The van der Waals surface area contributed by atoms with Crippen LogP contribution in [0, 0.1) is 11.7 Å². The molecule has 1 saturated heterocycles. The molecule has 6 heteroatoms. The number of hydrogen-bond acceptors (Lipinski definition) is 3. The van der Waals surface area contributed by atoms with E-state index in [4.69, 9.17) is 0 Å². The van der Waals surface area contributed by atoms with E-state index in [1.165, 1.54) is 17.8 Å². The summed E-state index contributed by atoms with van der Waals surface area (Å²) in [5.74, 6) is -1.59. The first-order valence-corrected chi connectivity index (χ1v) is 9.47. The van der Waals surface area contributed by atoms with Gasteiger partial charge in [-0.05, 0) is 17.7 Å². The fraction of sp³-hybridized carbons (Fsp3) is 0.300. The normalized spacial score (nSPS) is 19.5. The van der Waals surface area contributed by atoms with Gasteiger partial charge in [-0.25, -0.2) is 4.39 Å². The number of likely N-dealkylation sites (tertiary alicyclic amines) is 1. The van der Waals surface area contributed by atoms with Crippen LogP contribution in [0.15, 0.2) is 59.5 Å². The average Bonchev–Trinajstić information content (AvgIpc) is 3.10. The summed E-state index contributed by atoms with van der Waals surface area (Å²) in [5, 5.41) is 9.52. The summed E-state index contributed by atoms with van der Waals surface area (Å²) in [7, 11) is 0. The number of halogens is 1. The van der Waals surface area contributed by atoms with Crippen molar-refractivity contribution in [2.75, 3.05) is 18.8 Å². The van der Waals surface area contributed by atoms with Gasteiger partial charge in [0.05, 0.1) is 5.92 Å². The van der Waals surface area contributed by atoms with Gasteiger partial charge in [-0.15, -0.1) is 11.8 Å². The van der Waals surface area contributed by atoms with Gasteiger partial charge in [0.1, 0.15) is 5.82 Å². The van der Waals surface area contributed by atoms with Gasteiger partial charge in [-0.1, -0.05) is 42.5 Å². The summed E-state index contributed by atoms with van der Waals surface area (Å²) >= 11 is 1.30. The second-order valence-corrected chi connectivity index (χ2v) is 7.43. The van der Waals surface area contributed by atoms with E-state index < -0.39 is 11.9 Å². The molecule has 1 N–H and O–H groups in total. The Hall–Kier alpha value is -2.34. The van der Waals surface area contributed by atoms with Crippen molar-refractivity contribution in [3.8, 4) is 0 Å². The van der Waals surface area contributed by atoms with Crippen LogP contribution in [-0.2, 0) is 9.59 Å². The minimum atomic E-state index is -0.880. The van der Waals surface area contributed by atoms with E-state index in [2.05, 4.69) is 0 Å². The number of benzene rings is 2. The summed E-state index contributed by atoms with van der Waals surface area (Å²) < 4.78 is 13.6. The van der Waals surface area contributed by atoms with Crippen molar-refractivity contribution >= 4 is 23.6 Å². The van der Waals surface area contributed by atoms with Gasteiger partial charge in [0, 0.05) is 36.1 Å². The maximum atomic E-state index is 13.6. The SMILES string of the molecule is O=C(O)C1CN(C(=O)CCSc2ccccc2F)CC1c1ccccc1. The first-order valence-electron chi connectivity index (χ1n) is 8.49. The largest absolute Gasteiger partial charge is 0.481 e. The van der Waals surface area contributed by atoms with Gasteiger partial charge >= 0.3 is 5.97 Å². The summed E-state index contributed by atoms with van der Waals surface area (Å²) in [6, 6.07) is 15.9. The van der Waals surface area contributed by atoms with E-state index in [1.54, 1.807) is 23.1 Å². The molecule has 0 aromatic heterocycles. The maximum Gasteiger partial charge on any atom is 0.308 e. The highest BCUT2D eigenvalue weighted by atomic mass is 32.2. The number of carbonyl (C=O) groups excluding carboxylic acids is 1. The van der Waals surface area contributed by atoms with Crippen molar-refractivity contribution < 1.29 is 19.1 Å². The lowest BCUT2D eigenvalue weighted by molar-refractivity contribution is -0.141. The molecule has 1 aliphatic heterocycles. The van der Waals surface area contributed by atoms with Crippen molar-refractivity contribution in [2.24, 2.45) is 5.92 Å². The molecule has 0 spiro atoms. The third kappa shape index (κ3) is 4.25. The number of hydrogen-bond donors (Lipinski definition) is 1. The Kier molecular flexibility index (Phi) is 5.93. The number of carboxylic acid groups (broad SMARTS) is 1. The second-order valence-electron chi connectivity index (χ2n) is 6.29. The first kappa shape index (κ1) is 18.5. The van der Waals surface area contributed by atoms with Crippen molar-refractivity contribution in [3.05, 3.63) is 66.0 Å². The number of rotatable bonds is 6. The Balaban J connectivity index is 1.59. The lowest BCUT2D eigenvalue weighted by Gasteiger charge is -2.16. The molecule has 136 valence electrons. The number of aliphatic carboxylic acids is 1. The summed E-state index contributed by atoms with van der Waals surface area (Å²) in [6.45, 7) is 0.627. The van der Waals surface area contributed by atoms with Crippen LogP contribution >= 0.6 is 11.8 Å². The molecule has 3 rings (SSSR count). The number of carboxylic acids is 1. The molecule has 1 amide bonds. The fourth-order valence-corrected chi connectivity index (χ4v) is 4.14. The van der Waals surface area contributed by atoms with Crippen LogP contribution in [0.2, 0.25) is 0 Å². The predicted molar refractivity (Wildman–Crippen MR) is 98.6 cm³/mol. The molecule has 0 bridgehead atoms. The van der Waals surface area contributed by atoms with Gasteiger partial charge in [0.25, 0.3) is 0 Å². The van der Waals surface area contributed by atoms with E-state index in [0.29, 0.717) is 17.2 Å². The Morgan fingerprint density at radius 3 is 2.46 bits per heavy atom. The molecular weight excluding hydrogens is 353 g/mol. The van der Waals surface area contributed by atoms with Crippen LogP contribution in [0.4, 0.5) is 4.39 Å². The van der Waals surface area contributed by atoms with Gasteiger partial charge in [0.2, 0.25) is 5.91 Å².